The van der Waals surface area contributed by atoms with Crippen molar-refractivity contribution >= 4 is 6.21 Å². The average molecular weight is 218 g/mol. The molecule has 88 valence electrons. The minimum atomic E-state index is 0.786. The second-order valence-corrected chi connectivity index (χ2v) is 3.26. The van der Waals surface area contributed by atoms with Crippen LogP contribution in [0.25, 0.3) is 0 Å². The molecule has 0 aromatic rings. The van der Waals surface area contributed by atoms with E-state index in [2.05, 4.69) is 43.4 Å². The number of nitrogens with one attached hydrogen (secondary N) is 1. The molecular formula is C14H22N2. The molecule has 0 rings (SSSR count). The minimum absolute atomic E-state index is 0.786. The van der Waals surface area contributed by atoms with Gasteiger partial charge in [-0.15, -0.1) is 0 Å². The van der Waals surface area contributed by atoms with Gasteiger partial charge in [-0.05, 0) is 24.1 Å². The van der Waals surface area contributed by atoms with Crippen LogP contribution < -0.4 is 5.32 Å². The Bertz CT molecular complexity index is 296. The molecule has 16 heavy (non-hydrogen) atoms. The van der Waals surface area contributed by atoms with Gasteiger partial charge in [0.1, 0.15) is 0 Å². The summed E-state index contributed by atoms with van der Waals surface area (Å²) in [6, 6.07) is 0. The lowest BCUT2D eigenvalue weighted by Crippen LogP contribution is -2.14. The molecule has 0 aromatic carbocycles. The van der Waals surface area contributed by atoms with Crippen molar-refractivity contribution in [1.29, 1.82) is 0 Å². The first-order valence-corrected chi connectivity index (χ1v) is 5.67. The van der Waals surface area contributed by atoms with E-state index in [1.165, 1.54) is 0 Å². The number of aliphatic imine (C=N–C) groups is 1. The molecule has 0 aliphatic heterocycles. The Kier molecular flexibility index (Phi) is 9.23. The first-order chi connectivity index (χ1) is 7.76. The van der Waals surface area contributed by atoms with Crippen molar-refractivity contribution in [1.82, 2.24) is 5.32 Å². The highest BCUT2D eigenvalue weighted by Gasteiger charge is 1.92. The maximum atomic E-state index is 4.19. The van der Waals surface area contributed by atoms with Crippen LogP contribution in [-0.4, -0.2) is 19.3 Å². The van der Waals surface area contributed by atoms with Crippen LogP contribution in [0.15, 0.2) is 53.7 Å². The summed E-state index contributed by atoms with van der Waals surface area (Å²) in [5.74, 6) is 0. The van der Waals surface area contributed by atoms with Crippen LogP contribution >= 0.6 is 0 Å². The number of allylic oxidation sites excluding steroid dienone is 5. The molecule has 2 nitrogen and oxygen atoms in total. The maximum Gasteiger partial charge on any atom is 0.0342 e. The highest BCUT2D eigenvalue weighted by molar-refractivity contribution is 5.61. The number of nitrogens with zero attached hydrogens (tertiary/aromatic N) is 1. The normalized spacial score (nSPS) is 12.5. The van der Waals surface area contributed by atoms with E-state index in [0.29, 0.717) is 0 Å². The van der Waals surface area contributed by atoms with Gasteiger partial charge in [0, 0.05) is 19.0 Å². The summed E-state index contributed by atoms with van der Waals surface area (Å²) < 4.78 is 0. The van der Waals surface area contributed by atoms with Crippen LogP contribution in [0.3, 0.4) is 0 Å². The fourth-order valence-corrected chi connectivity index (χ4v) is 1.02. The highest BCUT2D eigenvalue weighted by atomic mass is 14.9. The molecule has 0 aromatic heterocycles. The lowest BCUT2D eigenvalue weighted by Gasteiger charge is -1.98. The molecule has 0 unspecified atom stereocenters. The maximum absolute atomic E-state index is 4.19. The molecule has 0 aliphatic carbocycles. The molecule has 0 amide bonds. The Morgan fingerprint density at radius 3 is 2.69 bits per heavy atom. The van der Waals surface area contributed by atoms with Crippen LogP contribution in [0.1, 0.15) is 20.3 Å². The van der Waals surface area contributed by atoms with Gasteiger partial charge in [-0.3, -0.25) is 4.99 Å². The fourth-order valence-electron chi connectivity index (χ4n) is 1.02. The van der Waals surface area contributed by atoms with E-state index in [9.17, 15) is 0 Å². The molecule has 0 bridgehead atoms. The average Bonchev–Trinajstić information content (AvgIpc) is 2.31. The third-order valence-electron chi connectivity index (χ3n) is 1.95. The third kappa shape index (κ3) is 6.96. The predicted molar refractivity (Wildman–Crippen MR) is 73.9 cm³/mol. The van der Waals surface area contributed by atoms with E-state index in [0.717, 1.165) is 30.7 Å². The molecule has 0 aliphatic rings. The molecule has 0 fully saturated rings. The molecule has 0 spiro atoms. The van der Waals surface area contributed by atoms with Gasteiger partial charge in [0.25, 0.3) is 0 Å². The van der Waals surface area contributed by atoms with E-state index in [1.807, 2.05) is 12.3 Å². The Morgan fingerprint density at radius 1 is 1.38 bits per heavy atom. The Hall–Kier alpha value is -1.41. The summed E-state index contributed by atoms with van der Waals surface area (Å²) in [6.45, 7) is 13.6. The summed E-state index contributed by atoms with van der Waals surface area (Å²) in [4.78, 5) is 4.19. The molecule has 0 atom stereocenters. The van der Waals surface area contributed by atoms with E-state index >= 15 is 0 Å². The van der Waals surface area contributed by atoms with Crippen molar-refractivity contribution in [2.45, 2.75) is 20.3 Å². The SMILES string of the molecule is C=C/C(=C\N=CCNCC)C(=C)/C=C\CC. The van der Waals surface area contributed by atoms with E-state index in [1.54, 1.807) is 12.3 Å². The Labute approximate surface area is 99.2 Å². The van der Waals surface area contributed by atoms with Crippen molar-refractivity contribution < 1.29 is 0 Å². The third-order valence-corrected chi connectivity index (χ3v) is 1.95. The number of rotatable bonds is 8. The summed E-state index contributed by atoms with van der Waals surface area (Å²) in [7, 11) is 0. The van der Waals surface area contributed by atoms with Crippen molar-refractivity contribution in [2.75, 3.05) is 13.1 Å². The molecular weight excluding hydrogens is 196 g/mol. The van der Waals surface area contributed by atoms with Gasteiger partial charge < -0.3 is 5.32 Å². The van der Waals surface area contributed by atoms with Crippen LogP contribution in [0, 0.1) is 0 Å². The largest absolute Gasteiger partial charge is 0.312 e. The smallest absolute Gasteiger partial charge is 0.0342 e. The summed E-state index contributed by atoms with van der Waals surface area (Å²) in [6.07, 6.45) is 10.5. The Morgan fingerprint density at radius 2 is 2.12 bits per heavy atom. The van der Waals surface area contributed by atoms with Gasteiger partial charge in [-0.1, -0.05) is 45.2 Å². The molecule has 2 heteroatoms. The number of hydrogen-bond donors (Lipinski definition) is 1. The van der Waals surface area contributed by atoms with Gasteiger partial charge in [-0.2, -0.15) is 0 Å². The lowest BCUT2D eigenvalue weighted by atomic mass is 10.1. The standard InChI is InChI=1S/C14H22N2/c1-5-8-9-13(4)14(6-2)12-16-11-10-15-7-3/h6,8-9,11-12,15H,2,4-5,7,10H2,1,3H3/b9-8-,14-12+,16-11?. The zero-order valence-electron chi connectivity index (χ0n) is 10.4. The van der Waals surface area contributed by atoms with Crippen LogP contribution in [0.2, 0.25) is 0 Å². The van der Waals surface area contributed by atoms with Crippen LogP contribution in [0.5, 0.6) is 0 Å². The first kappa shape index (κ1) is 14.6. The summed E-state index contributed by atoms with van der Waals surface area (Å²) in [5, 5.41) is 3.16. The van der Waals surface area contributed by atoms with Crippen LogP contribution in [0.4, 0.5) is 0 Å². The van der Waals surface area contributed by atoms with E-state index in [4.69, 9.17) is 0 Å². The molecule has 0 saturated heterocycles. The monoisotopic (exact) mass is 218 g/mol. The molecule has 0 saturated carbocycles. The van der Waals surface area contributed by atoms with Crippen molar-refractivity contribution in [2.24, 2.45) is 4.99 Å². The van der Waals surface area contributed by atoms with Gasteiger partial charge in [0.15, 0.2) is 0 Å². The molecule has 1 N–H and O–H groups in total. The zero-order chi connectivity index (χ0) is 12.2. The Balaban J connectivity index is 4.31. The van der Waals surface area contributed by atoms with Crippen molar-refractivity contribution in [3.63, 3.8) is 0 Å². The highest BCUT2D eigenvalue weighted by Crippen LogP contribution is 2.10. The van der Waals surface area contributed by atoms with Crippen molar-refractivity contribution in [3.8, 4) is 0 Å². The zero-order valence-corrected chi connectivity index (χ0v) is 10.4. The fraction of sp³-hybridized carbons (Fsp3) is 0.357. The van der Waals surface area contributed by atoms with Crippen molar-refractivity contribution in [3.05, 3.63) is 48.7 Å². The van der Waals surface area contributed by atoms with E-state index in [-0.39, 0.29) is 0 Å². The summed E-state index contributed by atoms with van der Waals surface area (Å²) >= 11 is 0. The second kappa shape index (κ2) is 10.1. The van der Waals surface area contributed by atoms with Gasteiger partial charge in [-0.25, -0.2) is 0 Å². The van der Waals surface area contributed by atoms with Gasteiger partial charge >= 0.3 is 0 Å². The predicted octanol–water partition coefficient (Wildman–Crippen LogP) is 3.26. The molecule has 0 radical (unpaired) electrons. The second-order valence-electron chi connectivity index (χ2n) is 3.26. The summed E-state index contributed by atoms with van der Waals surface area (Å²) in [5.41, 5.74) is 1.90. The van der Waals surface area contributed by atoms with Gasteiger partial charge in [0.2, 0.25) is 0 Å². The number of hydrogen-bond acceptors (Lipinski definition) is 2. The minimum Gasteiger partial charge on any atom is -0.312 e. The van der Waals surface area contributed by atoms with E-state index < -0.39 is 0 Å². The quantitative estimate of drug-likeness (QED) is 0.377. The first-order valence-electron chi connectivity index (χ1n) is 5.67. The lowest BCUT2D eigenvalue weighted by molar-refractivity contribution is 0.824. The molecule has 0 heterocycles. The van der Waals surface area contributed by atoms with Crippen LogP contribution in [-0.2, 0) is 0 Å². The van der Waals surface area contributed by atoms with Gasteiger partial charge in [0.05, 0.1) is 0 Å². The topological polar surface area (TPSA) is 24.4 Å².